The number of aryl methyl sites for hydroxylation is 1. The Morgan fingerprint density at radius 2 is 1.58 bits per heavy atom. The first-order chi connectivity index (χ1) is 21.7. The van der Waals surface area contributed by atoms with E-state index < -0.39 is 62.5 Å². The van der Waals surface area contributed by atoms with E-state index in [1.165, 1.54) is 17.0 Å². The van der Waals surface area contributed by atoms with Gasteiger partial charge in [-0.3, -0.25) is 4.79 Å². The number of hydrogen-bond acceptors (Lipinski definition) is 8. The molecule has 1 aliphatic heterocycles. The molecule has 48 heavy (non-hydrogen) atoms. The van der Waals surface area contributed by atoms with Gasteiger partial charge in [-0.25, -0.2) is 17.2 Å². The average molecular weight is 749 g/mol. The van der Waals surface area contributed by atoms with E-state index in [2.05, 4.69) is 10.2 Å². The van der Waals surface area contributed by atoms with Gasteiger partial charge in [0.2, 0.25) is 12.0 Å². The fraction of sp³-hybridized carbons (Fsp3) is 0.250. The monoisotopic (exact) mass is 748 g/mol. The van der Waals surface area contributed by atoms with Gasteiger partial charge in [0.15, 0.2) is 9.84 Å². The summed E-state index contributed by atoms with van der Waals surface area (Å²) in [4.78, 5) is 14.0. The van der Waals surface area contributed by atoms with Crippen molar-refractivity contribution in [1.82, 2.24) is 10.2 Å². The molecule has 0 fully saturated rings. The Hall–Kier alpha value is -3.84. The van der Waals surface area contributed by atoms with Crippen LogP contribution >= 0.6 is 24.0 Å². The van der Waals surface area contributed by atoms with Crippen molar-refractivity contribution >= 4 is 45.4 Å². The minimum Gasteiger partial charge on any atom is -0.416 e. The highest BCUT2D eigenvalue weighted by Gasteiger charge is 2.55. The fourth-order valence-corrected chi connectivity index (χ4v) is 6.03. The van der Waals surface area contributed by atoms with E-state index in [1.807, 2.05) is 0 Å². The molecule has 0 bridgehead atoms. The van der Waals surface area contributed by atoms with E-state index in [0.717, 1.165) is 12.1 Å². The summed E-state index contributed by atoms with van der Waals surface area (Å²) < 4.78 is 127. The number of nitrogens with two attached hydrogens (primary N) is 1. The molecule has 0 saturated heterocycles. The van der Waals surface area contributed by atoms with Crippen molar-refractivity contribution < 1.29 is 57.9 Å². The lowest BCUT2D eigenvalue weighted by Crippen LogP contribution is -2.45. The maximum atomic E-state index is 15.3. The highest BCUT2D eigenvalue weighted by Crippen LogP contribution is 2.38. The predicted molar refractivity (Wildman–Crippen MR) is 158 cm³/mol. The number of hydrogen-bond donors (Lipinski definition) is 2. The second-order valence-electron chi connectivity index (χ2n) is 10.1. The van der Waals surface area contributed by atoms with E-state index in [4.69, 9.17) is 26.9 Å². The summed E-state index contributed by atoms with van der Waals surface area (Å²) in [6.45, 7) is 1.60. The number of anilines is 1. The molecule has 3 aromatic carbocycles. The molecule has 4 aromatic rings. The first kappa shape index (κ1) is 38.6. The van der Waals surface area contributed by atoms with E-state index in [9.17, 15) is 43.9 Å². The van der Waals surface area contributed by atoms with Crippen molar-refractivity contribution in [2.45, 2.75) is 42.9 Å². The summed E-state index contributed by atoms with van der Waals surface area (Å²) in [5.74, 6) is -3.42. The normalized spacial score (nSPS) is 16.1. The van der Waals surface area contributed by atoms with E-state index in [1.54, 1.807) is 37.3 Å². The minimum absolute atomic E-state index is 0. The van der Waals surface area contributed by atoms with Crippen LogP contribution in [0.15, 0.2) is 63.9 Å². The van der Waals surface area contributed by atoms with Crippen molar-refractivity contribution in [2.75, 3.05) is 10.7 Å². The zero-order valence-corrected chi connectivity index (χ0v) is 26.4. The highest BCUT2D eigenvalue weighted by molar-refractivity contribution is 7.91. The van der Waals surface area contributed by atoms with Crippen molar-refractivity contribution in [1.29, 1.82) is 0 Å². The van der Waals surface area contributed by atoms with Gasteiger partial charge in [0.05, 0.1) is 40.0 Å². The number of fused-ring (bicyclic) bond motifs is 1. The number of halogens is 10. The number of benzene rings is 3. The van der Waals surface area contributed by atoms with Crippen molar-refractivity contribution in [3.8, 4) is 22.9 Å². The number of sulfone groups is 1. The molecule has 1 amide bonds. The maximum absolute atomic E-state index is 15.3. The number of nitrogens with zero attached hydrogens (tertiary/aromatic N) is 3. The molecule has 1 atom stereocenters. The van der Waals surface area contributed by atoms with Gasteiger partial charge in [0, 0.05) is 5.02 Å². The molecule has 0 saturated carbocycles. The van der Waals surface area contributed by atoms with Gasteiger partial charge in [0.1, 0.15) is 11.6 Å². The molecular weight excluding hydrogens is 727 g/mol. The van der Waals surface area contributed by atoms with Gasteiger partial charge < -0.3 is 20.2 Å². The minimum atomic E-state index is -5.63. The molecule has 0 spiro atoms. The third kappa shape index (κ3) is 8.41. The Balaban J connectivity index is 0.000000496. The smallest absolute Gasteiger partial charge is 0.416 e. The van der Waals surface area contributed by atoms with Crippen LogP contribution in [0, 0.1) is 18.6 Å². The van der Waals surface area contributed by atoms with Gasteiger partial charge in [-0.2, -0.15) is 26.3 Å². The van der Waals surface area contributed by atoms with Crippen LogP contribution in [-0.4, -0.2) is 59.9 Å². The first-order valence-electron chi connectivity index (χ1n) is 13.0. The van der Waals surface area contributed by atoms with Gasteiger partial charge >= 0.3 is 12.4 Å². The largest absolute Gasteiger partial charge is 0.423 e. The van der Waals surface area contributed by atoms with Crippen LogP contribution in [0.2, 0.25) is 5.02 Å². The van der Waals surface area contributed by atoms with E-state index >= 15 is 4.39 Å². The molecule has 1 aliphatic rings. The summed E-state index contributed by atoms with van der Waals surface area (Å²) in [5, 5.41) is 15.7. The van der Waals surface area contributed by atoms with Crippen LogP contribution in [0.1, 0.15) is 11.1 Å². The van der Waals surface area contributed by atoms with E-state index in [0.29, 0.717) is 16.1 Å². The lowest BCUT2D eigenvalue weighted by Gasteiger charge is -2.24. The van der Waals surface area contributed by atoms with E-state index in [-0.39, 0.29) is 47.5 Å². The van der Waals surface area contributed by atoms with Crippen LogP contribution in [-0.2, 0) is 21.2 Å². The van der Waals surface area contributed by atoms with Gasteiger partial charge in [-0.05, 0) is 48.4 Å². The van der Waals surface area contributed by atoms with Gasteiger partial charge in [-0.15, -0.1) is 22.6 Å². The lowest BCUT2D eigenvalue weighted by atomic mass is 10.1. The molecule has 3 N–H and O–H groups in total. The topological polar surface area (TPSA) is 140 Å². The second kappa shape index (κ2) is 14.3. The Labute approximate surface area is 277 Å². The molecule has 0 unspecified atom stereocenters. The zero-order chi connectivity index (χ0) is 35.1. The standard InChI is InChI=1S/C25H19ClF2N4O4S.C3H2F6O.ClH/c1-13-3-2-4-17(27)22(13)24-31-30-23(36-24)16-9-20-21(10-18(16)28)37(34,35)12-19(29)25(33)32(20)11-14-5-7-15(26)8-6-14;4-2(5,6)1(10)3(7,8)9;/h2-10,19H,11-12,29H2,1H3;1,10H;1H/t19-;;/m0../s1. The Morgan fingerprint density at radius 1 is 1.00 bits per heavy atom. The number of rotatable bonds is 4. The first-order valence-corrected chi connectivity index (χ1v) is 15.0. The molecular formula is C28H22Cl2F8N4O5S. The number of alkyl halides is 6. The SMILES string of the molecule is Cc1cccc(F)c1-c1nnc(-c2cc3c(cc2F)S(=O)(=O)C[C@H](N)C(=O)N3Cc2ccc(Cl)cc2)o1.Cl.OC(C(F)(F)F)C(F)(F)F. The lowest BCUT2D eigenvalue weighted by molar-refractivity contribution is -0.308. The zero-order valence-electron chi connectivity index (χ0n) is 24.0. The number of amides is 1. The van der Waals surface area contributed by atoms with Crippen molar-refractivity contribution in [3.05, 3.63) is 82.4 Å². The number of carbonyl (C=O) groups is 1. The third-order valence-corrected chi connectivity index (χ3v) is 8.67. The van der Waals surface area contributed by atoms with Crippen molar-refractivity contribution in [3.63, 3.8) is 0 Å². The number of carbonyl (C=O) groups excluding carboxylic acids is 1. The maximum Gasteiger partial charge on any atom is 0.423 e. The Bertz CT molecular complexity index is 1870. The quantitative estimate of drug-likeness (QED) is 0.236. The Morgan fingerprint density at radius 3 is 2.12 bits per heavy atom. The summed E-state index contributed by atoms with van der Waals surface area (Å²) in [7, 11) is -4.13. The molecule has 2 heterocycles. The van der Waals surface area contributed by atoms with Crippen LogP contribution in [0.5, 0.6) is 0 Å². The molecule has 5 rings (SSSR count). The summed E-state index contributed by atoms with van der Waals surface area (Å²) in [6.07, 6.45) is -15.5. The van der Waals surface area contributed by atoms with Crippen LogP contribution in [0.25, 0.3) is 22.9 Å². The molecule has 1 aromatic heterocycles. The number of aromatic nitrogens is 2. The third-order valence-electron chi connectivity index (χ3n) is 6.62. The highest BCUT2D eigenvalue weighted by atomic mass is 35.5. The summed E-state index contributed by atoms with van der Waals surface area (Å²) in [6, 6.07) is 11.6. The molecule has 0 radical (unpaired) electrons. The second-order valence-corrected chi connectivity index (χ2v) is 12.5. The van der Waals surface area contributed by atoms with Crippen LogP contribution in [0.4, 0.5) is 40.8 Å². The van der Waals surface area contributed by atoms with Crippen LogP contribution in [0.3, 0.4) is 0 Å². The van der Waals surface area contributed by atoms with Crippen LogP contribution < -0.4 is 10.6 Å². The molecule has 260 valence electrons. The van der Waals surface area contributed by atoms with Crippen molar-refractivity contribution in [2.24, 2.45) is 5.73 Å². The molecule has 0 aliphatic carbocycles. The molecule has 9 nitrogen and oxygen atoms in total. The number of aliphatic hydroxyl groups is 1. The van der Waals surface area contributed by atoms with Gasteiger partial charge in [-0.1, -0.05) is 35.9 Å². The summed E-state index contributed by atoms with van der Waals surface area (Å²) >= 11 is 5.95. The van der Waals surface area contributed by atoms with Gasteiger partial charge in [0.25, 0.3) is 11.8 Å². The predicted octanol–water partition coefficient (Wildman–Crippen LogP) is 6.19. The average Bonchev–Trinajstić information content (AvgIpc) is 3.42. The number of aliphatic hydroxyl groups excluding tert-OH is 1. The summed E-state index contributed by atoms with van der Waals surface area (Å²) in [5.41, 5.74) is 6.79. The Kier molecular flexibility index (Phi) is 11.5. The molecule has 20 heteroatoms. The fourth-order valence-electron chi connectivity index (χ4n) is 4.34.